The van der Waals surface area contributed by atoms with Gasteiger partial charge < -0.3 is 15.4 Å². The monoisotopic (exact) mass is 277 g/mol. The Hall–Kier alpha value is -1.59. The summed E-state index contributed by atoms with van der Waals surface area (Å²) in [5.41, 5.74) is 8.27. The zero-order valence-electron chi connectivity index (χ0n) is 12.3. The van der Waals surface area contributed by atoms with Crippen molar-refractivity contribution in [3.05, 3.63) is 29.3 Å². The molecule has 0 radical (unpaired) electrons. The number of likely N-dealkylation sites (N-methyl/N-ethyl adjacent to an activating group) is 1. The second kappa shape index (κ2) is 6.72. The highest BCUT2D eigenvalue weighted by atomic mass is 16.5. The molecule has 0 bridgehead atoms. The fourth-order valence-electron chi connectivity index (χ4n) is 2.49. The van der Waals surface area contributed by atoms with E-state index in [4.69, 9.17) is 10.5 Å². The Morgan fingerprint density at radius 3 is 2.45 bits per heavy atom. The highest BCUT2D eigenvalue weighted by Crippen LogP contribution is 2.18. The van der Waals surface area contributed by atoms with Gasteiger partial charge in [-0.2, -0.15) is 0 Å². The zero-order valence-corrected chi connectivity index (χ0v) is 12.3. The van der Waals surface area contributed by atoms with E-state index in [9.17, 15) is 4.79 Å². The maximum Gasteiger partial charge on any atom is 0.337 e. The van der Waals surface area contributed by atoms with Gasteiger partial charge in [0.15, 0.2) is 0 Å². The van der Waals surface area contributed by atoms with Gasteiger partial charge in [-0.3, -0.25) is 4.90 Å². The Labute approximate surface area is 120 Å². The second-order valence-electron chi connectivity index (χ2n) is 5.12. The third-order valence-corrected chi connectivity index (χ3v) is 3.87. The van der Waals surface area contributed by atoms with Crippen LogP contribution in [0.15, 0.2) is 18.2 Å². The van der Waals surface area contributed by atoms with Gasteiger partial charge in [0.05, 0.1) is 12.7 Å². The molecule has 110 valence electrons. The Morgan fingerprint density at radius 1 is 1.25 bits per heavy atom. The minimum atomic E-state index is -0.347. The lowest BCUT2D eigenvalue weighted by Crippen LogP contribution is -2.45. The van der Waals surface area contributed by atoms with E-state index in [0.29, 0.717) is 11.3 Å². The van der Waals surface area contributed by atoms with Gasteiger partial charge in [-0.05, 0) is 24.2 Å². The van der Waals surface area contributed by atoms with Crippen LogP contribution >= 0.6 is 0 Å². The summed E-state index contributed by atoms with van der Waals surface area (Å²) in [4.78, 5) is 16.3. The number of hydrogen-bond donors (Lipinski definition) is 1. The normalized spacial score (nSPS) is 17.1. The Morgan fingerprint density at radius 2 is 1.90 bits per heavy atom. The Kier molecular flexibility index (Phi) is 4.98. The molecule has 1 fully saturated rings. The number of esters is 1. The number of anilines is 1. The molecule has 5 nitrogen and oxygen atoms in total. The van der Waals surface area contributed by atoms with Crippen molar-refractivity contribution in [3.8, 4) is 0 Å². The summed E-state index contributed by atoms with van der Waals surface area (Å²) in [5, 5.41) is 0. The summed E-state index contributed by atoms with van der Waals surface area (Å²) in [6.45, 7) is 8.49. The molecule has 0 unspecified atom stereocenters. The summed E-state index contributed by atoms with van der Waals surface area (Å²) >= 11 is 0. The van der Waals surface area contributed by atoms with Crippen LogP contribution in [0.1, 0.15) is 22.8 Å². The summed E-state index contributed by atoms with van der Waals surface area (Å²) in [6, 6.07) is 5.40. The van der Waals surface area contributed by atoms with Crippen molar-refractivity contribution in [1.29, 1.82) is 0 Å². The molecule has 1 aromatic carbocycles. The third-order valence-electron chi connectivity index (χ3n) is 3.87. The van der Waals surface area contributed by atoms with Crippen molar-refractivity contribution in [2.75, 3.05) is 45.6 Å². The molecule has 0 saturated carbocycles. The van der Waals surface area contributed by atoms with Gasteiger partial charge in [0, 0.05) is 38.4 Å². The number of hydrogen-bond acceptors (Lipinski definition) is 5. The Bertz CT molecular complexity index is 468. The van der Waals surface area contributed by atoms with Crippen LogP contribution in [0.25, 0.3) is 0 Å². The summed E-state index contributed by atoms with van der Waals surface area (Å²) in [7, 11) is 1.37. The molecule has 5 heteroatoms. The van der Waals surface area contributed by atoms with E-state index in [1.165, 1.54) is 7.11 Å². The molecular formula is C15H23N3O2. The molecule has 1 heterocycles. The molecule has 1 aliphatic rings. The molecule has 0 aromatic heterocycles. The topological polar surface area (TPSA) is 58.8 Å². The van der Waals surface area contributed by atoms with Crippen molar-refractivity contribution in [2.24, 2.45) is 0 Å². The smallest absolute Gasteiger partial charge is 0.337 e. The van der Waals surface area contributed by atoms with Crippen molar-refractivity contribution in [1.82, 2.24) is 9.80 Å². The number of nitrogens with two attached hydrogens (primary N) is 1. The molecule has 1 aromatic rings. The van der Waals surface area contributed by atoms with E-state index < -0.39 is 0 Å². The van der Waals surface area contributed by atoms with Gasteiger partial charge in [-0.15, -0.1) is 0 Å². The zero-order chi connectivity index (χ0) is 14.5. The summed E-state index contributed by atoms with van der Waals surface area (Å²) in [5.74, 6) is -0.347. The Balaban J connectivity index is 1.98. The lowest BCUT2D eigenvalue weighted by atomic mass is 10.1. The van der Waals surface area contributed by atoms with Crippen LogP contribution in [-0.2, 0) is 11.3 Å². The lowest BCUT2D eigenvalue weighted by molar-refractivity contribution is 0.0600. The number of carbonyl (C=O) groups is 1. The maximum atomic E-state index is 11.4. The molecule has 2 rings (SSSR count). The van der Waals surface area contributed by atoms with Crippen LogP contribution in [0.5, 0.6) is 0 Å². The molecule has 0 atom stereocenters. The number of ether oxygens (including phenoxy) is 1. The average molecular weight is 277 g/mol. The number of methoxy groups -OCH3 is 1. The first kappa shape index (κ1) is 14.8. The van der Waals surface area contributed by atoms with Crippen LogP contribution in [-0.4, -0.2) is 55.6 Å². The molecule has 0 spiro atoms. The van der Waals surface area contributed by atoms with Crippen molar-refractivity contribution < 1.29 is 9.53 Å². The number of benzene rings is 1. The number of rotatable bonds is 4. The van der Waals surface area contributed by atoms with E-state index in [1.54, 1.807) is 12.1 Å². The van der Waals surface area contributed by atoms with Gasteiger partial charge in [0.2, 0.25) is 0 Å². The predicted molar refractivity (Wildman–Crippen MR) is 79.6 cm³/mol. The largest absolute Gasteiger partial charge is 0.465 e. The standard InChI is InChI=1S/C15H23N3O2/c1-3-17-6-8-18(9-7-17)11-13-5-4-12(10-14(13)16)15(19)20-2/h4-5,10H,3,6-9,11,16H2,1-2H3. The van der Waals surface area contributed by atoms with Crippen LogP contribution in [0.2, 0.25) is 0 Å². The first-order valence-electron chi connectivity index (χ1n) is 7.05. The van der Waals surface area contributed by atoms with Crippen molar-refractivity contribution >= 4 is 11.7 Å². The number of nitrogen functional groups attached to an aromatic ring is 1. The molecule has 0 amide bonds. The predicted octanol–water partition coefficient (Wildman–Crippen LogP) is 1.19. The van der Waals surface area contributed by atoms with Crippen LogP contribution in [0.3, 0.4) is 0 Å². The van der Waals surface area contributed by atoms with Crippen molar-refractivity contribution in [3.63, 3.8) is 0 Å². The lowest BCUT2D eigenvalue weighted by Gasteiger charge is -2.34. The van der Waals surface area contributed by atoms with E-state index in [-0.39, 0.29) is 5.97 Å². The first-order valence-corrected chi connectivity index (χ1v) is 7.05. The molecule has 20 heavy (non-hydrogen) atoms. The number of nitrogens with zero attached hydrogens (tertiary/aromatic N) is 2. The fraction of sp³-hybridized carbons (Fsp3) is 0.533. The van der Waals surface area contributed by atoms with E-state index in [2.05, 4.69) is 16.7 Å². The van der Waals surface area contributed by atoms with E-state index in [0.717, 1.165) is 44.8 Å². The summed E-state index contributed by atoms with van der Waals surface area (Å²) in [6.07, 6.45) is 0. The van der Waals surface area contributed by atoms with Gasteiger partial charge in [0.1, 0.15) is 0 Å². The highest BCUT2D eigenvalue weighted by Gasteiger charge is 2.17. The van der Waals surface area contributed by atoms with Crippen LogP contribution < -0.4 is 5.73 Å². The van der Waals surface area contributed by atoms with Gasteiger partial charge in [-0.1, -0.05) is 13.0 Å². The van der Waals surface area contributed by atoms with Crippen LogP contribution in [0.4, 0.5) is 5.69 Å². The first-order chi connectivity index (χ1) is 9.63. The van der Waals surface area contributed by atoms with Gasteiger partial charge in [-0.25, -0.2) is 4.79 Å². The quantitative estimate of drug-likeness (QED) is 0.662. The van der Waals surface area contributed by atoms with E-state index in [1.807, 2.05) is 6.07 Å². The molecular weight excluding hydrogens is 254 g/mol. The van der Waals surface area contributed by atoms with Gasteiger partial charge >= 0.3 is 5.97 Å². The van der Waals surface area contributed by atoms with Gasteiger partial charge in [0.25, 0.3) is 0 Å². The highest BCUT2D eigenvalue weighted by molar-refractivity contribution is 5.90. The third kappa shape index (κ3) is 3.49. The maximum absolute atomic E-state index is 11.4. The SMILES string of the molecule is CCN1CCN(Cc2ccc(C(=O)OC)cc2N)CC1. The fourth-order valence-corrected chi connectivity index (χ4v) is 2.49. The minimum Gasteiger partial charge on any atom is -0.465 e. The molecule has 1 aliphatic heterocycles. The van der Waals surface area contributed by atoms with Crippen LogP contribution in [0, 0.1) is 0 Å². The minimum absolute atomic E-state index is 0.347. The number of carbonyl (C=O) groups excluding carboxylic acids is 1. The molecule has 1 saturated heterocycles. The average Bonchev–Trinajstić information content (AvgIpc) is 2.49. The number of piperazine rings is 1. The second-order valence-corrected chi connectivity index (χ2v) is 5.12. The molecule has 0 aliphatic carbocycles. The van der Waals surface area contributed by atoms with Crippen molar-refractivity contribution in [2.45, 2.75) is 13.5 Å². The molecule has 2 N–H and O–H groups in total. The van der Waals surface area contributed by atoms with E-state index >= 15 is 0 Å². The summed E-state index contributed by atoms with van der Waals surface area (Å²) < 4.78 is 4.69.